The Balaban J connectivity index is 2.42. The normalized spacial score (nSPS) is 10.1. The minimum absolute atomic E-state index is 0.0347. The second kappa shape index (κ2) is 4.02. The van der Waals surface area contributed by atoms with Gasteiger partial charge in [-0.05, 0) is 12.1 Å². The summed E-state index contributed by atoms with van der Waals surface area (Å²) in [4.78, 5) is 15.8. The quantitative estimate of drug-likeness (QED) is 0.783. The van der Waals surface area contributed by atoms with Crippen molar-refractivity contribution in [3.63, 3.8) is 0 Å². The third-order valence-corrected chi connectivity index (χ3v) is 3.21. The molecule has 0 saturated heterocycles. The van der Waals surface area contributed by atoms with Crippen molar-refractivity contribution in [2.24, 2.45) is 0 Å². The van der Waals surface area contributed by atoms with Gasteiger partial charge in [0.25, 0.3) is 0 Å². The van der Waals surface area contributed by atoms with E-state index in [-0.39, 0.29) is 5.78 Å². The molecule has 1 heterocycles. The maximum Gasteiger partial charge on any atom is 0.222 e. The number of carbonyl (C=O) groups excluding carboxylic acids is 1. The standard InChI is InChI=1S/C10H6BrNOS/c11-8-4-2-1-3-7(8)9(13)10-12-5-6-14-10/h1-6H. The van der Waals surface area contributed by atoms with E-state index < -0.39 is 0 Å². The Hall–Kier alpha value is -1.00. The number of nitrogens with zero attached hydrogens (tertiary/aromatic N) is 1. The lowest BCUT2D eigenvalue weighted by Crippen LogP contribution is -2.00. The van der Waals surface area contributed by atoms with Crippen molar-refractivity contribution in [2.45, 2.75) is 0 Å². The molecule has 0 aliphatic carbocycles. The van der Waals surface area contributed by atoms with Gasteiger partial charge in [0.05, 0.1) is 0 Å². The molecule has 1 aromatic heterocycles. The van der Waals surface area contributed by atoms with Gasteiger partial charge in [-0.1, -0.05) is 28.1 Å². The summed E-state index contributed by atoms with van der Waals surface area (Å²) in [6.45, 7) is 0. The maximum absolute atomic E-state index is 11.8. The van der Waals surface area contributed by atoms with Gasteiger partial charge in [-0.15, -0.1) is 11.3 Å². The second-order valence-corrected chi connectivity index (χ2v) is 4.40. The summed E-state index contributed by atoms with van der Waals surface area (Å²) in [5.74, 6) is -0.0347. The van der Waals surface area contributed by atoms with Crippen LogP contribution in [0.1, 0.15) is 15.4 Å². The van der Waals surface area contributed by atoms with Gasteiger partial charge in [-0.25, -0.2) is 4.98 Å². The van der Waals surface area contributed by atoms with Crippen LogP contribution in [0, 0.1) is 0 Å². The summed E-state index contributed by atoms with van der Waals surface area (Å²) in [6, 6.07) is 7.35. The highest BCUT2D eigenvalue weighted by Crippen LogP contribution is 2.20. The van der Waals surface area contributed by atoms with E-state index in [1.807, 2.05) is 18.2 Å². The van der Waals surface area contributed by atoms with Gasteiger partial charge in [0.15, 0.2) is 5.01 Å². The summed E-state index contributed by atoms with van der Waals surface area (Å²) in [5, 5.41) is 2.32. The zero-order valence-corrected chi connectivity index (χ0v) is 9.51. The number of ketones is 1. The highest BCUT2D eigenvalue weighted by atomic mass is 79.9. The first-order chi connectivity index (χ1) is 6.79. The van der Waals surface area contributed by atoms with E-state index in [1.165, 1.54) is 11.3 Å². The first-order valence-electron chi connectivity index (χ1n) is 3.98. The third-order valence-electron chi connectivity index (χ3n) is 1.75. The molecule has 2 aromatic rings. The minimum atomic E-state index is -0.0347. The fraction of sp³-hybridized carbons (Fsp3) is 0. The van der Waals surface area contributed by atoms with Crippen molar-refractivity contribution in [2.75, 3.05) is 0 Å². The number of benzene rings is 1. The minimum Gasteiger partial charge on any atom is -0.286 e. The van der Waals surface area contributed by atoms with Crippen LogP contribution in [-0.4, -0.2) is 10.8 Å². The number of carbonyl (C=O) groups is 1. The molecule has 0 fully saturated rings. The zero-order chi connectivity index (χ0) is 9.97. The number of rotatable bonds is 2. The van der Waals surface area contributed by atoms with Crippen LogP contribution in [0.5, 0.6) is 0 Å². The van der Waals surface area contributed by atoms with Crippen molar-refractivity contribution >= 4 is 33.0 Å². The molecule has 0 radical (unpaired) electrons. The average Bonchev–Trinajstić information content (AvgIpc) is 2.70. The first kappa shape index (κ1) is 9.55. The van der Waals surface area contributed by atoms with Crippen molar-refractivity contribution < 1.29 is 4.79 Å². The molecular weight excluding hydrogens is 262 g/mol. The van der Waals surface area contributed by atoms with Crippen LogP contribution in [0.4, 0.5) is 0 Å². The van der Waals surface area contributed by atoms with E-state index in [4.69, 9.17) is 0 Å². The van der Waals surface area contributed by atoms with Crippen LogP contribution in [0.3, 0.4) is 0 Å². The Bertz CT molecular complexity index is 453. The van der Waals surface area contributed by atoms with E-state index in [2.05, 4.69) is 20.9 Å². The fourth-order valence-electron chi connectivity index (χ4n) is 1.10. The molecule has 4 heteroatoms. The fourth-order valence-corrected chi connectivity index (χ4v) is 2.15. The number of hydrogen-bond acceptors (Lipinski definition) is 3. The SMILES string of the molecule is O=C(c1nccs1)c1ccccc1Br. The summed E-state index contributed by atoms with van der Waals surface area (Å²) in [5.41, 5.74) is 0.655. The first-order valence-corrected chi connectivity index (χ1v) is 5.65. The Labute approximate surface area is 93.7 Å². The van der Waals surface area contributed by atoms with Gasteiger partial charge in [0.2, 0.25) is 5.78 Å². The van der Waals surface area contributed by atoms with E-state index in [0.29, 0.717) is 10.6 Å². The lowest BCUT2D eigenvalue weighted by Gasteiger charge is -1.99. The topological polar surface area (TPSA) is 30.0 Å². The molecule has 0 saturated carbocycles. The van der Waals surface area contributed by atoms with Crippen molar-refractivity contribution in [1.29, 1.82) is 0 Å². The number of halogens is 1. The predicted molar refractivity (Wildman–Crippen MR) is 59.7 cm³/mol. The Morgan fingerprint density at radius 2 is 2.14 bits per heavy atom. The number of hydrogen-bond donors (Lipinski definition) is 0. The molecule has 0 aliphatic rings. The van der Waals surface area contributed by atoms with Crippen LogP contribution >= 0.6 is 27.3 Å². The Morgan fingerprint density at radius 1 is 1.36 bits per heavy atom. The predicted octanol–water partition coefficient (Wildman–Crippen LogP) is 3.14. The lowest BCUT2D eigenvalue weighted by molar-refractivity contribution is 0.103. The molecule has 0 spiro atoms. The molecule has 2 nitrogen and oxygen atoms in total. The van der Waals surface area contributed by atoms with E-state index in [9.17, 15) is 4.79 Å². The van der Waals surface area contributed by atoms with E-state index in [0.717, 1.165) is 4.47 Å². The van der Waals surface area contributed by atoms with Gasteiger partial charge >= 0.3 is 0 Å². The van der Waals surface area contributed by atoms with Crippen LogP contribution in [0.15, 0.2) is 40.3 Å². The highest BCUT2D eigenvalue weighted by molar-refractivity contribution is 9.10. The van der Waals surface area contributed by atoms with E-state index in [1.54, 1.807) is 17.6 Å². The number of thiazole rings is 1. The van der Waals surface area contributed by atoms with Crippen LogP contribution in [-0.2, 0) is 0 Å². The summed E-state index contributed by atoms with van der Waals surface area (Å²) >= 11 is 4.69. The van der Waals surface area contributed by atoms with Crippen molar-refractivity contribution in [3.05, 3.63) is 50.9 Å². The van der Waals surface area contributed by atoms with Crippen LogP contribution in [0.2, 0.25) is 0 Å². The molecule has 0 bridgehead atoms. The maximum atomic E-state index is 11.8. The third kappa shape index (κ3) is 1.76. The van der Waals surface area contributed by atoms with Gasteiger partial charge in [-0.3, -0.25) is 4.79 Å². The zero-order valence-electron chi connectivity index (χ0n) is 7.11. The monoisotopic (exact) mass is 267 g/mol. The molecule has 70 valence electrons. The van der Waals surface area contributed by atoms with Gasteiger partial charge in [0.1, 0.15) is 0 Å². The van der Waals surface area contributed by atoms with Gasteiger partial charge < -0.3 is 0 Å². The largest absolute Gasteiger partial charge is 0.286 e. The smallest absolute Gasteiger partial charge is 0.222 e. The molecule has 0 N–H and O–H groups in total. The Kier molecular flexibility index (Phi) is 2.74. The summed E-state index contributed by atoms with van der Waals surface area (Å²) in [6.07, 6.45) is 1.63. The van der Waals surface area contributed by atoms with Crippen molar-refractivity contribution in [1.82, 2.24) is 4.98 Å². The highest BCUT2D eigenvalue weighted by Gasteiger charge is 2.13. The summed E-state index contributed by atoms with van der Waals surface area (Å²) < 4.78 is 0.806. The van der Waals surface area contributed by atoms with E-state index >= 15 is 0 Å². The molecule has 0 atom stereocenters. The molecule has 0 aliphatic heterocycles. The van der Waals surface area contributed by atoms with Crippen LogP contribution < -0.4 is 0 Å². The van der Waals surface area contributed by atoms with Gasteiger partial charge in [-0.2, -0.15) is 0 Å². The second-order valence-electron chi connectivity index (χ2n) is 2.65. The number of aromatic nitrogens is 1. The summed E-state index contributed by atoms with van der Waals surface area (Å²) in [7, 11) is 0. The molecule has 0 unspecified atom stereocenters. The van der Waals surface area contributed by atoms with Gasteiger partial charge in [0, 0.05) is 21.6 Å². The lowest BCUT2D eigenvalue weighted by atomic mass is 10.1. The molecule has 2 rings (SSSR count). The average molecular weight is 268 g/mol. The molecular formula is C10H6BrNOS. The molecule has 14 heavy (non-hydrogen) atoms. The van der Waals surface area contributed by atoms with Crippen LogP contribution in [0.25, 0.3) is 0 Å². The molecule has 0 amide bonds. The molecule has 1 aromatic carbocycles. The van der Waals surface area contributed by atoms with Crippen molar-refractivity contribution in [3.8, 4) is 0 Å². The Morgan fingerprint density at radius 3 is 2.79 bits per heavy atom.